The van der Waals surface area contributed by atoms with Crippen LogP contribution < -0.4 is 5.32 Å². The summed E-state index contributed by atoms with van der Waals surface area (Å²) < 4.78 is 5.68. The molecule has 2 atom stereocenters. The van der Waals surface area contributed by atoms with Crippen LogP contribution in [0.2, 0.25) is 0 Å². The molecule has 0 aliphatic carbocycles. The van der Waals surface area contributed by atoms with Gasteiger partial charge in [-0.3, -0.25) is 0 Å². The van der Waals surface area contributed by atoms with Gasteiger partial charge in [-0.15, -0.1) is 0 Å². The molecule has 2 rings (SSSR count). The minimum Gasteiger partial charge on any atom is -0.383 e. The second-order valence-electron chi connectivity index (χ2n) is 5.69. The van der Waals surface area contributed by atoms with Crippen LogP contribution in [-0.2, 0) is 10.3 Å². The van der Waals surface area contributed by atoms with Crippen LogP contribution in [0.3, 0.4) is 0 Å². The van der Waals surface area contributed by atoms with Crippen molar-refractivity contribution in [2.24, 2.45) is 5.92 Å². The fourth-order valence-corrected chi connectivity index (χ4v) is 2.57. The number of rotatable bonds is 6. The van der Waals surface area contributed by atoms with E-state index in [-0.39, 0.29) is 0 Å². The maximum absolute atomic E-state index is 10.4. The van der Waals surface area contributed by atoms with Crippen LogP contribution in [0.1, 0.15) is 31.7 Å². The highest BCUT2D eigenvalue weighted by molar-refractivity contribution is 5.21. The van der Waals surface area contributed by atoms with E-state index in [4.69, 9.17) is 4.74 Å². The van der Waals surface area contributed by atoms with E-state index in [0.29, 0.717) is 6.61 Å². The van der Waals surface area contributed by atoms with Gasteiger partial charge in [0.25, 0.3) is 0 Å². The lowest BCUT2D eigenvalue weighted by Crippen LogP contribution is -2.31. The third-order valence-corrected chi connectivity index (χ3v) is 3.85. The first-order valence-corrected chi connectivity index (χ1v) is 7.25. The summed E-state index contributed by atoms with van der Waals surface area (Å²) in [6.45, 7) is 5.16. The molecule has 0 saturated carbocycles. The van der Waals surface area contributed by atoms with Crippen LogP contribution in [-0.4, -0.2) is 31.4 Å². The highest BCUT2D eigenvalue weighted by atomic mass is 16.5. The zero-order valence-corrected chi connectivity index (χ0v) is 11.8. The topological polar surface area (TPSA) is 41.5 Å². The number of piperidine rings is 1. The summed E-state index contributed by atoms with van der Waals surface area (Å²) in [5, 5.41) is 13.8. The Hall–Kier alpha value is -0.900. The molecule has 2 N–H and O–H groups in total. The van der Waals surface area contributed by atoms with Crippen molar-refractivity contribution in [3.8, 4) is 0 Å². The standard InChI is InChI=1S/C16H25NO2/c1-16(18,15-7-3-2-4-8-15)13-19-11-9-14-6-5-10-17-12-14/h2-4,7-8,14,17-18H,5-6,9-13H2,1H3. The van der Waals surface area contributed by atoms with Crippen LogP contribution in [0.15, 0.2) is 30.3 Å². The Bertz CT molecular complexity index is 358. The number of ether oxygens (including phenoxy) is 1. The van der Waals surface area contributed by atoms with E-state index in [1.165, 1.54) is 12.8 Å². The van der Waals surface area contributed by atoms with E-state index in [1.807, 2.05) is 37.3 Å². The van der Waals surface area contributed by atoms with Crippen LogP contribution in [0, 0.1) is 5.92 Å². The van der Waals surface area contributed by atoms with E-state index in [2.05, 4.69) is 5.32 Å². The van der Waals surface area contributed by atoms with Gasteiger partial charge in [0.05, 0.1) is 6.61 Å². The number of hydrogen-bond donors (Lipinski definition) is 2. The van der Waals surface area contributed by atoms with Crippen molar-refractivity contribution >= 4 is 0 Å². The fraction of sp³-hybridized carbons (Fsp3) is 0.625. The number of hydrogen-bond acceptors (Lipinski definition) is 3. The van der Waals surface area contributed by atoms with Crippen LogP contribution >= 0.6 is 0 Å². The van der Waals surface area contributed by atoms with Crippen LogP contribution in [0.4, 0.5) is 0 Å². The summed E-state index contributed by atoms with van der Waals surface area (Å²) >= 11 is 0. The van der Waals surface area contributed by atoms with Crippen molar-refractivity contribution < 1.29 is 9.84 Å². The minimum atomic E-state index is -0.897. The SMILES string of the molecule is CC(O)(COCCC1CCCNC1)c1ccccc1. The third-order valence-electron chi connectivity index (χ3n) is 3.85. The molecular weight excluding hydrogens is 238 g/mol. The molecule has 19 heavy (non-hydrogen) atoms. The van der Waals surface area contributed by atoms with Crippen molar-refractivity contribution in [2.45, 2.75) is 31.8 Å². The Balaban J connectivity index is 1.69. The van der Waals surface area contributed by atoms with E-state index < -0.39 is 5.60 Å². The lowest BCUT2D eigenvalue weighted by molar-refractivity contribution is -0.0407. The molecule has 1 saturated heterocycles. The summed E-state index contributed by atoms with van der Waals surface area (Å²) in [7, 11) is 0. The minimum absolute atomic E-state index is 0.358. The van der Waals surface area contributed by atoms with Gasteiger partial charge in [-0.05, 0) is 50.8 Å². The summed E-state index contributed by atoms with van der Waals surface area (Å²) in [4.78, 5) is 0. The third kappa shape index (κ3) is 4.60. The summed E-state index contributed by atoms with van der Waals surface area (Å²) in [6, 6.07) is 9.72. The zero-order valence-electron chi connectivity index (χ0n) is 11.8. The highest BCUT2D eigenvalue weighted by Crippen LogP contribution is 2.21. The average Bonchev–Trinajstić information content (AvgIpc) is 2.46. The Kier molecular flexibility index (Phi) is 5.37. The molecule has 1 fully saturated rings. The molecule has 0 bridgehead atoms. The number of benzene rings is 1. The Morgan fingerprint density at radius 2 is 2.16 bits per heavy atom. The summed E-state index contributed by atoms with van der Waals surface area (Å²) in [5.41, 5.74) is 0.0147. The molecule has 3 heteroatoms. The molecule has 0 spiro atoms. The molecular formula is C16H25NO2. The molecule has 2 unspecified atom stereocenters. The molecule has 106 valence electrons. The van der Waals surface area contributed by atoms with Crippen molar-refractivity contribution in [3.05, 3.63) is 35.9 Å². The van der Waals surface area contributed by atoms with Gasteiger partial charge < -0.3 is 15.2 Å². The summed E-state index contributed by atoms with van der Waals surface area (Å²) in [5.74, 6) is 0.732. The van der Waals surface area contributed by atoms with Gasteiger partial charge in [-0.25, -0.2) is 0 Å². The van der Waals surface area contributed by atoms with E-state index >= 15 is 0 Å². The van der Waals surface area contributed by atoms with E-state index in [1.54, 1.807) is 0 Å². The lowest BCUT2D eigenvalue weighted by Gasteiger charge is -2.25. The largest absolute Gasteiger partial charge is 0.383 e. The fourth-order valence-electron chi connectivity index (χ4n) is 2.57. The molecule has 0 amide bonds. The van der Waals surface area contributed by atoms with Gasteiger partial charge in [-0.1, -0.05) is 30.3 Å². The lowest BCUT2D eigenvalue weighted by atomic mass is 9.96. The molecule has 1 aliphatic rings. The van der Waals surface area contributed by atoms with Crippen molar-refractivity contribution in [2.75, 3.05) is 26.3 Å². The molecule has 1 aromatic rings. The maximum Gasteiger partial charge on any atom is 0.110 e. The molecule has 3 nitrogen and oxygen atoms in total. The van der Waals surface area contributed by atoms with Gasteiger partial charge in [0.15, 0.2) is 0 Å². The zero-order chi connectivity index (χ0) is 13.6. The predicted octanol–water partition coefficient (Wildman–Crippen LogP) is 2.30. The Morgan fingerprint density at radius 1 is 1.37 bits per heavy atom. The number of aliphatic hydroxyl groups is 1. The van der Waals surface area contributed by atoms with Gasteiger partial charge in [0.1, 0.15) is 5.60 Å². The Labute approximate surface area is 116 Å². The van der Waals surface area contributed by atoms with Crippen LogP contribution in [0.25, 0.3) is 0 Å². The first-order valence-electron chi connectivity index (χ1n) is 7.25. The maximum atomic E-state index is 10.4. The quantitative estimate of drug-likeness (QED) is 0.774. The van der Waals surface area contributed by atoms with E-state index in [9.17, 15) is 5.11 Å². The normalized spacial score (nSPS) is 22.9. The van der Waals surface area contributed by atoms with Crippen LogP contribution in [0.5, 0.6) is 0 Å². The van der Waals surface area contributed by atoms with Gasteiger partial charge in [0.2, 0.25) is 0 Å². The monoisotopic (exact) mass is 263 g/mol. The van der Waals surface area contributed by atoms with Gasteiger partial charge >= 0.3 is 0 Å². The first-order chi connectivity index (χ1) is 9.18. The second kappa shape index (κ2) is 7.04. The van der Waals surface area contributed by atoms with Gasteiger partial charge in [-0.2, -0.15) is 0 Å². The molecule has 1 aromatic carbocycles. The van der Waals surface area contributed by atoms with E-state index in [0.717, 1.165) is 37.6 Å². The predicted molar refractivity (Wildman–Crippen MR) is 77.0 cm³/mol. The smallest absolute Gasteiger partial charge is 0.110 e. The van der Waals surface area contributed by atoms with Crippen molar-refractivity contribution in [3.63, 3.8) is 0 Å². The van der Waals surface area contributed by atoms with Crippen molar-refractivity contribution in [1.29, 1.82) is 0 Å². The van der Waals surface area contributed by atoms with Gasteiger partial charge in [0, 0.05) is 6.61 Å². The Morgan fingerprint density at radius 3 is 2.84 bits per heavy atom. The molecule has 1 aliphatic heterocycles. The molecule has 0 radical (unpaired) electrons. The molecule has 0 aromatic heterocycles. The average molecular weight is 263 g/mol. The highest BCUT2D eigenvalue weighted by Gasteiger charge is 2.23. The molecule has 1 heterocycles. The summed E-state index contributed by atoms with van der Waals surface area (Å²) in [6.07, 6.45) is 3.65. The number of nitrogens with one attached hydrogen (secondary N) is 1. The van der Waals surface area contributed by atoms with Crippen molar-refractivity contribution in [1.82, 2.24) is 5.32 Å². The first kappa shape index (κ1) is 14.5. The second-order valence-corrected chi connectivity index (χ2v) is 5.69.